The zero-order valence-electron chi connectivity index (χ0n) is 12.3. The van der Waals surface area contributed by atoms with Crippen LogP contribution in [0.5, 0.6) is 0 Å². The molecule has 3 nitrogen and oxygen atoms in total. The van der Waals surface area contributed by atoms with Crippen LogP contribution < -0.4 is 10.2 Å². The summed E-state index contributed by atoms with van der Waals surface area (Å²) in [5, 5.41) is 3.37. The largest absolute Gasteiger partial charge is 0.372 e. The van der Waals surface area contributed by atoms with Crippen LogP contribution in [0.1, 0.15) is 34.1 Å². The molecule has 1 aromatic rings. The number of hydrogen-bond acceptors (Lipinski definition) is 2. The van der Waals surface area contributed by atoms with Gasteiger partial charge in [0.1, 0.15) is 6.04 Å². The molecule has 1 aliphatic heterocycles. The lowest BCUT2D eigenvalue weighted by molar-refractivity contribution is -0.120. The predicted molar refractivity (Wildman–Crippen MR) is 80.5 cm³/mol. The molecule has 19 heavy (non-hydrogen) atoms. The maximum Gasteiger partial charge on any atom is 0.249 e. The van der Waals surface area contributed by atoms with Gasteiger partial charge >= 0.3 is 0 Å². The first-order valence-electron chi connectivity index (χ1n) is 7.17. The van der Waals surface area contributed by atoms with Gasteiger partial charge in [0.25, 0.3) is 0 Å². The van der Waals surface area contributed by atoms with Gasteiger partial charge in [-0.05, 0) is 30.4 Å². The van der Waals surface area contributed by atoms with Crippen molar-refractivity contribution in [2.45, 2.75) is 40.2 Å². The van der Waals surface area contributed by atoms with E-state index in [1.807, 2.05) is 23.1 Å². The lowest BCUT2D eigenvalue weighted by Crippen LogP contribution is -2.50. The highest BCUT2D eigenvalue weighted by Gasteiger charge is 2.33. The molecule has 0 bridgehead atoms. The highest BCUT2D eigenvalue weighted by atomic mass is 16.2. The molecular formula is C16H24N2O. The summed E-state index contributed by atoms with van der Waals surface area (Å²) in [7, 11) is 0. The zero-order valence-corrected chi connectivity index (χ0v) is 12.3. The van der Waals surface area contributed by atoms with Crippen molar-refractivity contribution in [1.29, 1.82) is 0 Å². The second-order valence-corrected chi connectivity index (χ2v) is 6.06. The molecule has 0 aliphatic carbocycles. The Morgan fingerprint density at radius 1 is 1.21 bits per heavy atom. The second kappa shape index (κ2) is 5.64. The van der Waals surface area contributed by atoms with Crippen molar-refractivity contribution in [3.63, 3.8) is 0 Å². The van der Waals surface area contributed by atoms with Gasteiger partial charge in [-0.15, -0.1) is 0 Å². The van der Waals surface area contributed by atoms with E-state index < -0.39 is 0 Å². The average Bonchev–Trinajstić information content (AvgIpc) is 2.36. The number of nitrogens with one attached hydrogen (secondary N) is 1. The van der Waals surface area contributed by atoms with Gasteiger partial charge in [-0.25, -0.2) is 0 Å². The monoisotopic (exact) mass is 260 g/mol. The molecule has 0 spiro atoms. The van der Waals surface area contributed by atoms with E-state index in [9.17, 15) is 4.79 Å². The predicted octanol–water partition coefficient (Wildman–Crippen LogP) is 3.52. The van der Waals surface area contributed by atoms with Gasteiger partial charge in [0.2, 0.25) is 5.91 Å². The summed E-state index contributed by atoms with van der Waals surface area (Å²) >= 11 is 0. The Morgan fingerprint density at radius 2 is 1.89 bits per heavy atom. The molecule has 1 N–H and O–H groups in total. The molecule has 1 unspecified atom stereocenters. The van der Waals surface area contributed by atoms with Crippen LogP contribution in [-0.2, 0) is 4.79 Å². The van der Waals surface area contributed by atoms with Crippen molar-refractivity contribution in [1.82, 2.24) is 0 Å². The standard InChI is InChI=1S/C16H24N2O/c1-11(2)9-10-18-14-8-6-5-7-13(14)17-15(12(3)4)16(18)19/h5-8,11-12,15,17H,9-10H2,1-4H3. The highest BCUT2D eigenvalue weighted by molar-refractivity contribution is 6.05. The second-order valence-electron chi connectivity index (χ2n) is 6.06. The van der Waals surface area contributed by atoms with Gasteiger partial charge in [-0.1, -0.05) is 39.8 Å². The molecule has 1 aromatic carbocycles. The minimum absolute atomic E-state index is 0.109. The molecule has 0 saturated heterocycles. The van der Waals surface area contributed by atoms with Crippen molar-refractivity contribution >= 4 is 17.3 Å². The molecule has 0 aromatic heterocycles. The fourth-order valence-corrected chi connectivity index (χ4v) is 2.42. The molecule has 1 amide bonds. The number of carbonyl (C=O) groups is 1. The van der Waals surface area contributed by atoms with E-state index in [-0.39, 0.29) is 11.9 Å². The molecule has 1 atom stereocenters. The van der Waals surface area contributed by atoms with Crippen molar-refractivity contribution < 1.29 is 4.79 Å². The van der Waals surface area contributed by atoms with E-state index in [4.69, 9.17) is 0 Å². The number of amides is 1. The van der Waals surface area contributed by atoms with Gasteiger partial charge < -0.3 is 10.2 Å². The Kier molecular flexibility index (Phi) is 4.13. The number of benzene rings is 1. The maximum atomic E-state index is 12.6. The Morgan fingerprint density at radius 3 is 2.53 bits per heavy atom. The Hall–Kier alpha value is -1.51. The third-order valence-corrected chi connectivity index (χ3v) is 3.63. The third-order valence-electron chi connectivity index (χ3n) is 3.63. The summed E-state index contributed by atoms with van der Waals surface area (Å²) < 4.78 is 0. The van der Waals surface area contributed by atoms with Crippen molar-refractivity contribution in [2.75, 3.05) is 16.8 Å². The Labute approximate surface area is 116 Å². The molecule has 3 heteroatoms. The summed E-state index contributed by atoms with van der Waals surface area (Å²) in [6.07, 6.45) is 1.03. The smallest absolute Gasteiger partial charge is 0.249 e. The van der Waals surface area contributed by atoms with Crippen molar-refractivity contribution in [3.8, 4) is 0 Å². The van der Waals surface area contributed by atoms with Gasteiger partial charge in [-0.2, -0.15) is 0 Å². The number of hydrogen-bond donors (Lipinski definition) is 1. The fraction of sp³-hybridized carbons (Fsp3) is 0.562. The minimum Gasteiger partial charge on any atom is -0.372 e. The van der Waals surface area contributed by atoms with Crippen molar-refractivity contribution in [3.05, 3.63) is 24.3 Å². The topological polar surface area (TPSA) is 32.3 Å². The quantitative estimate of drug-likeness (QED) is 0.898. The summed E-state index contributed by atoms with van der Waals surface area (Å²) in [4.78, 5) is 14.6. The molecule has 0 radical (unpaired) electrons. The fourth-order valence-electron chi connectivity index (χ4n) is 2.42. The van der Waals surface area contributed by atoms with Crippen LogP contribution in [-0.4, -0.2) is 18.5 Å². The zero-order chi connectivity index (χ0) is 14.0. The first-order valence-corrected chi connectivity index (χ1v) is 7.17. The molecule has 1 heterocycles. The number of para-hydroxylation sites is 2. The van der Waals surface area contributed by atoms with Gasteiger partial charge in [0, 0.05) is 6.54 Å². The van der Waals surface area contributed by atoms with Gasteiger partial charge in [0.05, 0.1) is 11.4 Å². The number of rotatable bonds is 4. The van der Waals surface area contributed by atoms with Crippen molar-refractivity contribution in [2.24, 2.45) is 11.8 Å². The Balaban J connectivity index is 2.30. The Bertz CT molecular complexity index is 454. The number of fused-ring (bicyclic) bond motifs is 1. The molecular weight excluding hydrogens is 236 g/mol. The summed E-state index contributed by atoms with van der Waals surface area (Å²) in [5.41, 5.74) is 2.09. The van der Waals surface area contributed by atoms with E-state index in [0.717, 1.165) is 24.3 Å². The molecule has 0 fully saturated rings. The van der Waals surface area contributed by atoms with Crippen LogP contribution in [0.25, 0.3) is 0 Å². The van der Waals surface area contributed by atoms with Gasteiger partial charge in [-0.3, -0.25) is 4.79 Å². The molecule has 1 aliphatic rings. The minimum atomic E-state index is -0.109. The number of anilines is 2. The van der Waals surface area contributed by atoms with Gasteiger partial charge in [0.15, 0.2) is 0 Å². The maximum absolute atomic E-state index is 12.6. The van der Waals surface area contributed by atoms with E-state index >= 15 is 0 Å². The van der Waals surface area contributed by atoms with Crippen LogP contribution in [0.15, 0.2) is 24.3 Å². The van der Waals surface area contributed by atoms with Crippen LogP contribution in [0.3, 0.4) is 0 Å². The lowest BCUT2D eigenvalue weighted by atomic mass is 9.98. The normalized spacial score (nSPS) is 18.7. The SMILES string of the molecule is CC(C)CCN1C(=O)C(C(C)C)Nc2ccccc21. The molecule has 0 saturated carbocycles. The molecule has 2 rings (SSSR count). The first kappa shape index (κ1) is 13.9. The first-order chi connectivity index (χ1) is 9.00. The van der Waals surface area contributed by atoms with Crippen LogP contribution >= 0.6 is 0 Å². The summed E-state index contributed by atoms with van der Waals surface area (Å²) in [6, 6.07) is 7.98. The van der Waals surface area contributed by atoms with Crippen LogP contribution in [0, 0.1) is 11.8 Å². The summed E-state index contributed by atoms with van der Waals surface area (Å²) in [6.45, 7) is 9.36. The number of nitrogens with zero attached hydrogens (tertiary/aromatic N) is 1. The van der Waals surface area contributed by atoms with E-state index in [2.05, 4.69) is 39.1 Å². The lowest BCUT2D eigenvalue weighted by Gasteiger charge is -2.37. The van der Waals surface area contributed by atoms with E-state index in [1.54, 1.807) is 0 Å². The highest BCUT2D eigenvalue weighted by Crippen LogP contribution is 2.33. The number of carbonyl (C=O) groups excluding carboxylic acids is 1. The van der Waals surface area contributed by atoms with Crippen LogP contribution in [0.4, 0.5) is 11.4 Å². The third kappa shape index (κ3) is 2.91. The summed E-state index contributed by atoms with van der Waals surface area (Å²) in [5.74, 6) is 1.10. The van der Waals surface area contributed by atoms with E-state index in [0.29, 0.717) is 11.8 Å². The molecule has 104 valence electrons. The van der Waals surface area contributed by atoms with E-state index in [1.165, 1.54) is 0 Å². The van der Waals surface area contributed by atoms with Crippen LogP contribution in [0.2, 0.25) is 0 Å². The average molecular weight is 260 g/mol.